The maximum Gasteiger partial charge on any atom is 0.417 e. The summed E-state index contributed by atoms with van der Waals surface area (Å²) in [5.41, 5.74) is -2.01. The van der Waals surface area contributed by atoms with E-state index < -0.39 is 29.0 Å². The maximum absolute atomic E-state index is 14.0. The maximum atomic E-state index is 14.0. The summed E-state index contributed by atoms with van der Waals surface area (Å²) in [6.07, 6.45) is -8.60. The van der Waals surface area contributed by atoms with Gasteiger partial charge in [0, 0.05) is 16.3 Å². The molecule has 0 bridgehead atoms. The summed E-state index contributed by atoms with van der Waals surface area (Å²) >= 11 is 0. The third-order valence-electron chi connectivity index (χ3n) is 5.67. The molecule has 0 aliphatic heterocycles. The third-order valence-corrected chi connectivity index (χ3v) is 5.67. The number of aromatic nitrogens is 1. The number of nitrogens with zero attached hydrogens (tertiary/aromatic N) is 1. The highest BCUT2D eigenvalue weighted by Crippen LogP contribution is 2.46. The van der Waals surface area contributed by atoms with E-state index in [1.54, 1.807) is 22.8 Å². The molecule has 1 aromatic heterocycles. The molecular weight excluding hydrogens is 476 g/mol. The van der Waals surface area contributed by atoms with Crippen LogP contribution in [0.5, 0.6) is 0 Å². The Bertz CT molecular complexity index is 1490. The Morgan fingerprint density at radius 3 is 1.61 bits per heavy atom. The molecule has 1 heterocycles. The molecule has 0 atom stereocenters. The van der Waals surface area contributed by atoms with Gasteiger partial charge in [0.2, 0.25) is 0 Å². The first kappa shape index (κ1) is 25.1. The van der Waals surface area contributed by atoms with Gasteiger partial charge in [-0.15, -0.1) is 6.58 Å². The fourth-order valence-corrected chi connectivity index (χ4v) is 4.40. The lowest BCUT2D eigenvalue weighted by molar-refractivity contribution is -0.161. The molecule has 0 unspecified atom stereocenters. The van der Waals surface area contributed by atoms with Crippen LogP contribution in [0.4, 0.5) is 26.3 Å². The summed E-state index contributed by atoms with van der Waals surface area (Å²) in [6.45, 7) is 5.25. The molecule has 36 heavy (non-hydrogen) atoms. The number of rotatable bonds is 2. The molecule has 4 aromatic carbocycles. The average molecular weight is 497 g/mol. The van der Waals surface area contributed by atoms with Gasteiger partial charge < -0.3 is 4.57 Å². The largest absolute Gasteiger partial charge is 0.417 e. The Hall–Kier alpha value is -4.00. The topological polar surface area (TPSA) is 4.93 Å². The lowest BCUT2D eigenvalue weighted by atomic mass is 9.93. The Labute approximate surface area is 203 Å². The van der Waals surface area contributed by atoms with Gasteiger partial charge in [-0.05, 0) is 36.8 Å². The van der Waals surface area contributed by atoms with Crippen molar-refractivity contribution in [3.05, 3.63) is 115 Å². The Kier molecular flexibility index (Phi) is 6.67. The van der Waals surface area contributed by atoms with Crippen LogP contribution >= 0.6 is 0 Å². The second-order valence-electron chi connectivity index (χ2n) is 8.02. The number of fused-ring (bicyclic) bond motifs is 3. The van der Waals surface area contributed by atoms with Crippen LogP contribution in [0.2, 0.25) is 0 Å². The molecule has 0 saturated carbocycles. The smallest absolute Gasteiger partial charge is 0.309 e. The lowest BCUT2D eigenvalue weighted by Crippen LogP contribution is -2.18. The van der Waals surface area contributed by atoms with Gasteiger partial charge in [-0.1, -0.05) is 72.8 Å². The molecule has 0 aliphatic carbocycles. The number of hydrogen-bond donors (Lipinski definition) is 0. The van der Waals surface area contributed by atoms with E-state index in [1.807, 2.05) is 55.5 Å². The van der Waals surface area contributed by atoms with E-state index in [1.165, 1.54) is 12.1 Å². The molecule has 184 valence electrons. The molecule has 5 rings (SSSR count). The Balaban J connectivity index is 0.000000967. The summed E-state index contributed by atoms with van der Waals surface area (Å²) in [6, 6.07) is 23.6. The first-order chi connectivity index (χ1) is 17.1. The summed E-state index contributed by atoms with van der Waals surface area (Å²) in [5.74, 6) is 0. The second-order valence-corrected chi connectivity index (χ2v) is 8.02. The highest BCUT2D eigenvalue weighted by Gasteiger charge is 2.45. The van der Waals surface area contributed by atoms with Crippen LogP contribution in [0.1, 0.15) is 18.1 Å². The number of para-hydroxylation sites is 3. The minimum Gasteiger partial charge on any atom is -0.309 e. The Morgan fingerprint density at radius 1 is 0.611 bits per heavy atom. The highest BCUT2D eigenvalue weighted by atomic mass is 19.4. The van der Waals surface area contributed by atoms with E-state index in [-0.39, 0.29) is 5.56 Å². The van der Waals surface area contributed by atoms with Crippen molar-refractivity contribution in [1.29, 1.82) is 0 Å². The standard InChI is InChI=1S/C26H15F6N.C3H6/c27-25(28,29)20-12-7-11-19(24(20)26(30,31)32)18-10-3-6-15-23(18)33-21-13-4-1-8-16(21)17-9-2-5-14-22(17)33;1-3-2/h1-15H;3H,1H2,2H3. The number of halogens is 6. The van der Waals surface area contributed by atoms with E-state index in [9.17, 15) is 26.3 Å². The van der Waals surface area contributed by atoms with Crippen LogP contribution < -0.4 is 0 Å². The molecule has 0 fully saturated rings. The fraction of sp³-hybridized carbons (Fsp3) is 0.103. The van der Waals surface area contributed by atoms with Crippen molar-refractivity contribution in [1.82, 2.24) is 4.57 Å². The lowest BCUT2D eigenvalue weighted by Gasteiger charge is -2.21. The summed E-state index contributed by atoms with van der Waals surface area (Å²) in [4.78, 5) is 0. The highest BCUT2D eigenvalue weighted by molar-refractivity contribution is 6.09. The minimum atomic E-state index is -5.20. The molecule has 1 nitrogen and oxygen atoms in total. The zero-order valence-electron chi connectivity index (χ0n) is 19.2. The summed E-state index contributed by atoms with van der Waals surface area (Å²) in [7, 11) is 0. The van der Waals surface area contributed by atoms with Crippen LogP contribution in [0.3, 0.4) is 0 Å². The molecule has 7 heteroatoms. The zero-order valence-corrected chi connectivity index (χ0v) is 19.2. The van der Waals surface area contributed by atoms with Crippen LogP contribution in [0.15, 0.2) is 104 Å². The quantitative estimate of drug-likeness (QED) is 0.169. The van der Waals surface area contributed by atoms with Gasteiger partial charge in [-0.2, -0.15) is 26.3 Å². The van der Waals surface area contributed by atoms with Gasteiger partial charge in [0.25, 0.3) is 0 Å². The van der Waals surface area contributed by atoms with Gasteiger partial charge in [0.1, 0.15) is 0 Å². The van der Waals surface area contributed by atoms with Crippen molar-refractivity contribution in [3.63, 3.8) is 0 Å². The van der Waals surface area contributed by atoms with Crippen molar-refractivity contribution in [2.75, 3.05) is 0 Å². The normalized spacial score (nSPS) is 11.9. The van der Waals surface area contributed by atoms with Crippen LogP contribution in [-0.2, 0) is 12.4 Å². The van der Waals surface area contributed by atoms with Crippen LogP contribution in [0.25, 0.3) is 38.6 Å². The average Bonchev–Trinajstić information content (AvgIpc) is 3.17. The first-order valence-electron chi connectivity index (χ1n) is 11.0. The number of benzene rings is 4. The van der Waals surface area contributed by atoms with E-state index in [2.05, 4.69) is 6.58 Å². The van der Waals surface area contributed by atoms with Crippen molar-refractivity contribution in [2.24, 2.45) is 0 Å². The third kappa shape index (κ3) is 4.49. The molecule has 0 spiro atoms. The molecular formula is C29H21F6N. The zero-order chi connectivity index (χ0) is 26.1. The first-order valence-corrected chi connectivity index (χ1v) is 11.0. The molecule has 0 saturated heterocycles. The second kappa shape index (κ2) is 9.57. The van der Waals surface area contributed by atoms with Gasteiger partial charge in [0.05, 0.1) is 27.8 Å². The van der Waals surface area contributed by atoms with Crippen LogP contribution in [-0.4, -0.2) is 4.57 Å². The van der Waals surface area contributed by atoms with Crippen LogP contribution in [0, 0.1) is 0 Å². The van der Waals surface area contributed by atoms with E-state index >= 15 is 0 Å². The molecule has 0 radical (unpaired) electrons. The van der Waals surface area contributed by atoms with E-state index in [4.69, 9.17) is 0 Å². The van der Waals surface area contributed by atoms with Crippen molar-refractivity contribution >= 4 is 21.8 Å². The summed E-state index contributed by atoms with van der Waals surface area (Å²) in [5, 5.41) is 1.78. The predicted octanol–water partition coefficient (Wildman–Crippen LogP) is 9.68. The number of allylic oxidation sites excluding steroid dienone is 1. The predicted molar refractivity (Wildman–Crippen MR) is 132 cm³/mol. The minimum absolute atomic E-state index is 0.0578. The van der Waals surface area contributed by atoms with Gasteiger partial charge in [-0.3, -0.25) is 0 Å². The number of alkyl halides is 6. The number of hydrogen-bond acceptors (Lipinski definition) is 0. The molecule has 0 aliphatic rings. The molecule has 0 amide bonds. The fourth-order valence-electron chi connectivity index (χ4n) is 4.40. The summed E-state index contributed by atoms with van der Waals surface area (Å²) < 4.78 is 84.5. The molecule has 5 aromatic rings. The Morgan fingerprint density at radius 2 is 1.08 bits per heavy atom. The van der Waals surface area contributed by atoms with E-state index in [0.717, 1.165) is 33.9 Å². The van der Waals surface area contributed by atoms with Crippen molar-refractivity contribution < 1.29 is 26.3 Å². The van der Waals surface area contributed by atoms with Gasteiger partial charge >= 0.3 is 12.4 Å². The van der Waals surface area contributed by atoms with Gasteiger partial charge in [0.15, 0.2) is 0 Å². The van der Waals surface area contributed by atoms with Gasteiger partial charge in [-0.25, -0.2) is 0 Å². The molecule has 0 N–H and O–H groups in total. The monoisotopic (exact) mass is 497 g/mol. The SMILES string of the molecule is C=CC.FC(F)(F)c1cccc(-c2ccccc2-n2c3ccccc3c3ccccc32)c1C(F)(F)F. The van der Waals surface area contributed by atoms with Crippen molar-refractivity contribution in [2.45, 2.75) is 19.3 Å². The van der Waals surface area contributed by atoms with Crippen molar-refractivity contribution in [3.8, 4) is 16.8 Å². The van der Waals surface area contributed by atoms with E-state index in [0.29, 0.717) is 11.8 Å².